The molecular weight excluding hydrogens is 473 g/mol. The molecule has 186 valence electrons. The standard InChI is InChI=1S/C23H27F3N2O5S/c1-3-22(21(29)32-2,16-18-6-4-5-13-27-18)34(30,31)28-14-11-20(12-15-28)33-19-9-7-17(8-10-19)23(24,25)26/h4-10,13,20H,3,11-12,14-16H2,1-2H3. The zero-order valence-corrected chi connectivity index (χ0v) is 19.7. The Balaban J connectivity index is 1.73. The van der Waals surface area contributed by atoms with Crippen LogP contribution >= 0.6 is 0 Å². The lowest BCUT2D eigenvalue weighted by atomic mass is 9.99. The fraction of sp³-hybridized carbons (Fsp3) is 0.478. The Morgan fingerprint density at radius 2 is 1.76 bits per heavy atom. The van der Waals surface area contributed by atoms with Crippen molar-refractivity contribution in [3.05, 3.63) is 59.9 Å². The lowest BCUT2D eigenvalue weighted by Gasteiger charge is -2.38. The number of benzene rings is 1. The number of methoxy groups -OCH3 is 1. The maximum absolute atomic E-state index is 13.7. The second kappa shape index (κ2) is 10.3. The Kier molecular flexibility index (Phi) is 7.87. The highest BCUT2D eigenvalue weighted by Gasteiger charge is 2.54. The zero-order valence-electron chi connectivity index (χ0n) is 18.9. The van der Waals surface area contributed by atoms with Crippen LogP contribution in [0, 0.1) is 0 Å². The maximum Gasteiger partial charge on any atom is 0.416 e. The van der Waals surface area contributed by atoms with Crippen molar-refractivity contribution >= 4 is 16.0 Å². The minimum absolute atomic E-state index is 0.000559. The molecule has 7 nitrogen and oxygen atoms in total. The van der Waals surface area contributed by atoms with Crippen molar-refractivity contribution in [3.63, 3.8) is 0 Å². The van der Waals surface area contributed by atoms with Gasteiger partial charge in [0.25, 0.3) is 0 Å². The summed E-state index contributed by atoms with van der Waals surface area (Å²) < 4.78 is 75.7. The number of hydrogen-bond donors (Lipinski definition) is 0. The fourth-order valence-electron chi connectivity index (χ4n) is 4.05. The van der Waals surface area contributed by atoms with E-state index in [0.29, 0.717) is 18.5 Å². The van der Waals surface area contributed by atoms with Crippen LogP contribution in [0.2, 0.25) is 0 Å². The predicted octanol–water partition coefficient (Wildman–Crippen LogP) is 3.84. The molecule has 1 aromatic heterocycles. The number of carbonyl (C=O) groups excluding carboxylic acids is 1. The van der Waals surface area contributed by atoms with Crippen LogP contribution in [0.4, 0.5) is 13.2 Å². The zero-order chi connectivity index (χ0) is 25.0. The number of sulfonamides is 1. The van der Waals surface area contributed by atoms with E-state index in [9.17, 15) is 26.4 Å². The van der Waals surface area contributed by atoms with Crippen LogP contribution in [0.15, 0.2) is 48.7 Å². The SMILES string of the molecule is CCC(Cc1ccccn1)(C(=O)OC)S(=O)(=O)N1CCC(Oc2ccc(C(F)(F)F)cc2)CC1. The van der Waals surface area contributed by atoms with Gasteiger partial charge < -0.3 is 9.47 Å². The molecule has 1 aliphatic heterocycles. The Morgan fingerprint density at radius 3 is 2.26 bits per heavy atom. The molecule has 3 rings (SSSR count). The molecule has 0 N–H and O–H groups in total. The van der Waals surface area contributed by atoms with Crippen molar-refractivity contribution in [2.75, 3.05) is 20.2 Å². The van der Waals surface area contributed by atoms with Gasteiger partial charge in [-0.25, -0.2) is 12.7 Å². The molecule has 11 heteroatoms. The van der Waals surface area contributed by atoms with Crippen LogP contribution in [-0.4, -0.2) is 54.7 Å². The number of alkyl halides is 3. The number of pyridine rings is 1. The van der Waals surface area contributed by atoms with E-state index in [2.05, 4.69) is 4.98 Å². The van der Waals surface area contributed by atoms with E-state index in [-0.39, 0.29) is 37.8 Å². The van der Waals surface area contributed by atoms with Gasteiger partial charge in [-0.1, -0.05) is 13.0 Å². The Labute approximate surface area is 196 Å². The Bertz CT molecular complexity index is 1070. The minimum atomic E-state index is -4.43. The van der Waals surface area contributed by atoms with Gasteiger partial charge in [-0.2, -0.15) is 13.2 Å². The van der Waals surface area contributed by atoms with Crippen LogP contribution in [0.5, 0.6) is 5.75 Å². The third kappa shape index (κ3) is 5.35. The van der Waals surface area contributed by atoms with Gasteiger partial charge in [0, 0.05) is 31.4 Å². The van der Waals surface area contributed by atoms with Gasteiger partial charge in [0.05, 0.1) is 12.7 Å². The summed E-state index contributed by atoms with van der Waals surface area (Å²) in [6.45, 7) is 1.83. The first-order valence-corrected chi connectivity index (χ1v) is 12.3. The van der Waals surface area contributed by atoms with Crippen molar-refractivity contribution in [1.29, 1.82) is 0 Å². The number of hydrogen-bond acceptors (Lipinski definition) is 6. The molecule has 1 saturated heterocycles. The monoisotopic (exact) mass is 500 g/mol. The Hall–Kier alpha value is -2.66. The smallest absolute Gasteiger partial charge is 0.416 e. The highest BCUT2D eigenvalue weighted by molar-refractivity contribution is 7.91. The lowest BCUT2D eigenvalue weighted by Crippen LogP contribution is -2.57. The molecule has 1 aromatic carbocycles. The molecule has 34 heavy (non-hydrogen) atoms. The molecule has 0 saturated carbocycles. The summed E-state index contributed by atoms with van der Waals surface area (Å²) in [6, 6.07) is 9.46. The summed E-state index contributed by atoms with van der Waals surface area (Å²) in [6.07, 6.45) is -2.74. The number of ether oxygens (including phenoxy) is 2. The number of nitrogens with zero attached hydrogens (tertiary/aromatic N) is 2. The van der Waals surface area contributed by atoms with Gasteiger partial charge in [0.15, 0.2) is 4.75 Å². The first-order chi connectivity index (χ1) is 16.0. The molecule has 1 atom stereocenters. The summed E-state index contributed by atoms with van der Waals surface area (Å²) in [4.78, 5) is 17.0. The van der Waals surface area contributed by atoms with E-state index in [1.807, 2.05) is 0 Å². The number of piperidine rings is 1. The predicted molar refractivity (Wildman–Crippen MR) is 119 cm³/mol. The van der Waals surface area contributed by atoms with Crippen LogP contribution in [-0.2, 0) is 32.2 Å². The number of halogens is 3. The molecule has 1 unspecified atom stereocenters. The summed E-state index contributed by atoms with van der Waals surface area (Å²) in [5, 5.41) is 0. The van der Waals surface area contributed by atoms with Gasteiger partial charge in [0.2, 0.25) is 10.0 Å². The summed E-state index contributed by atoms with van der Waals surface area (Å²) in [5.41, 5.74) is -0.314. The summed E-state index contributed by atoms with van der Waals surface area (Å²) in [7, 11) is -2.97. The molecular formula is C23H27F3N2O5S. The molecule has 0 bridgehead atoms. The molecule has 0 radical (unpaired) electrons. The van der Waals surface area contributed by atoms with E-state index in [1.165, 1.54) is 22.6 Å². The summed E-state index contributed by atoms with van der Waals surface area (Å²) >= 11 is 0. The number of rotatable bonds is 8. The third-order valence-electron chi connectivity index (χ3n) is 6.04. The highest BCUT2D eigenvalue weighted by Crippen LogP contribution is 2.34. The first-order valence-electron chi connectivity index (χ1n) is 10.9. The number of aromatic nitrogens is 1. The van der Waals surface area contributed by atoms with E-state index in [4.69, 9.17) is 9.47 Å². The lowest BCUT2D eigenvalue weighted by molar-refractivity contribution is -0.144. The largest absolute Gasteiger partial charge is 0.490 e. The minimum Gasteiger partial charge on any atom is -0.490 e. The topological polar surface area (TPSA) is 85.8 Å². The van der Waals surface area contributed by atoms with Crippen molar-refractivity contribution in [2.45, 2.75) is 49.6 Å². The van der Waals surface area contributed by atoms with Gasteiger partial charge in [-0.15, -0.1) is 0 Å². The molecule has 1 fully saturated rings. The second-order valence-corrected chi connectivity index (χ2v) is 10.3. The summed E-state index contributed by atoms with van der Waals surface area (Å²) in [5.74, 6) is -0.564. The maximum atomic E-state index is 13.7. The molecule has 0 spiro atoms. The third-order valence-corrected chi connectivity index (χ3v) is 8.67. The van der Waals surface area contributed by atoms with Crippen LogP contribution in [0.1, 0.15) is 37.4 Å². The Morgan fingerprint density at radius 1 is 1.12 bits per heavy atom. The normalized spacial score (nSPS) is 17.7. The highest BCUT2D eigenvalue weighted by atomic mass is 32.2. The van der Waals surface area contributed by atoms with Gasteiger partial charge in [-0.05, 0) is 55.7 Å². The van der Waals surface area contributed by atoms with E-state index >= 15 is 0 Å². The molecule has 0 amide bonds. The van der Waals surface area contributed by atoms with E-state index < -0.39 is 32.5 Å². The van der Waals surface area contributed by atoms with Gasteiger partial charge in [-0.3, -0.25) is 9.78 Å². The van der Waals surface area contributed by atoms with Crippen LogP contribution in [0.25, 0.3) is 0 Å². The van der Waals surface area contributed by atoms with Crippen LogP contribution in [0.3, 0.4) is 0 Å². The van der Waals surface area contributed by atoms with Crippen molar-refractivity contribution in [3.8, 4) is 5.75 Å². The fourth-order valence-corrected chi connectivity index (χ4v) is 6.23. The average molecular weight is 501 g/mol. The second-order valence-electron chi connectivity index (χ2n) is 8.08. The van der Waals surface area contributed by atoms with Crippen molar-refractivity contribution in [1.82, 2.24) is 9.29 Å². The van der Waals surface area contributed by atoms with Crippen molar-refractivity contribution in [2.24, 2.45) is 0 Å². The number of esters is 1. The molecule has 2 aromatic rings. The van der Waals surface area contributed by atoms with Gasteiger partial charge in [0.1, 0.15) is 11.9 Å². The van der Waals surface area contributed by atoms with Crippen molar-refractivity contribution < 1.29 is 35.9 Å². The van der Waals surface area contributed by atoms with E-state index in [0.717, 1.165) is 19.2 Å². The number of carbonyl (C=O) groups is 1. The quantitative estimate of drug-likeness (QED) is 0.512. The van der Waals surface area contributed by atoms with Crippen LogP contribution < -0.4 is 4.74 Å². The molecule has 2 heterocycles. The first kappa shape index (κ1) is 26.0. The average Bonchev–Trinajstić information content (AvgIpc) is 2.82. The molecule has 0 aliphatic carbocycles. The van der Waals surface area contributed by atoms with Gasteiger partial charge >= 0.3 is 12.1 Å². The molecule has 1 aliphatic rings. The van der Waals surface area contributed by atoms with E-state index in [1.54, 1.807) is 25.1 Å².